The Kier molecular flexibility index (Phi) is 7.51. The molecule has 0 amide bonds. The Balaban J connectivity index is 2.09. The summed E-state index contributed by atoms with van der Waals surface area (Å²) in [7, 11) is 0. The van der Waals surface area contributed by atoms with E-state index in [4.69, 9.17) is 23.2 Å². The Hall–Kier alpha value is -0.980. The van der Waals surface area contributed by atoms with Gasteiger partial charge in [-0.25, -0.2) is 0 Å². The van der Waals surface area contributed by atoms with Crippen molar-refractivity contribution in [3.63, 3.8) is 0 Å². The second-order valence-electron chi connectivity index (χ2n) is 8.49. The second kappa shape index (κ2) is 9.68. The van der Waals surface area contributed by atoms with Gasteiger partial charge in [-0.1, -0.05) is 101 Å². The smallest absolute Gasteiger partial charge is 0.0438 e. The minimum Gasteiger partial charge on any atom is -0.0843 e. The van der Waals surface area contributed by atoms with Crippen molar-refractivity contribution in [1.82, 2.24) is 0 Å². The lowest BCUT2D eigenvalue weighted by Gasteiger charge is -2.34. The third kappa shape index (κ3) is 4.14. The molecule has 0 aliphatic heterocycles. The maximum atomic E-state index is 6.64. The minimum absolute atomic E-state index is 0.0615. The molecule has 2 heteroatoms. The van der Waals surface area contributed by atoms with Gasteiger partial charge in [0.15, 0.2) is 0 Å². The largest absolute Gasteiger partial charge is 0.0843 e. The predicted molar refractivity (Wildman–Crippen MR) is 125 cm³/mol. The lowest BCUT2D eigenvalue weighted by molar-refractivity contribution is 0.399. The molecular weight excluding hydrogens is 383 g/mol. The minimum atomic E-state index is 0.0615. The summed E-state index contributed by atoms with van der Waals surface area (Å²) in [5.74, 6) is 0. The molecule has 28 heavy (non-hydrogen) atoms. The Bertz CT molecular complexity index is 794. The highest BCUT2D eigenvalue weighted by molar-refractivity contribution is 6.32. The van der Waals surface area contributed by atoms with Crippen LogP contribution in [-0.4, -0.2) is 0 Å². The zero-order valence-corrected chi connectivity index (χ0v) is 19.2. The Labute approximate surface area is 181 Å². The number of hydrogen-bond acceptors (Lipinski definition) is 0. The Morgan fingerprint density at radius 2 is 1.36 bits per heavy atom. The van der Waals surface area contributed by atoms with Crippen LogP contribution in [0.2, 0.25) is 10.0 Å². The van der Waals surface area contributed by atoms with Gasteiger partial charge in [0.2, 0.25) is 0 Å². The number of benzene rings is 2. The van der Waals surface area contributed by atoms with Crippen LogP contribution in [0.4, 0.5) is 0 Å². The van der Waals surface area contributed by atoms with Crippen molar-refractivity contribution in [2.24, 2.45) is 0 Å². The van der Waals surface area contributed by atoms with Crippen LogP contribution in [0.15, 0.2) is 30.3 Å². The van der Waals surface area contributed by atoms with Crippen molar-refractivity contribution in [3.8, 4) is 11.1 Å². The molecule has 0 aromatic heterocycles. The first-order valence-electron chi connectivity index (χ1n) is 11.1. The van der Waals surface area contributed by atoms with Crippen LogP contribution in [0.25, 0.3) is 11.1 Å². The number of halogens is 2. The molecule has 1 aliphatic rings. The van der Waals surface area contributed by atoms with E-state index < -0.39 is 0 Å². The number of hydrogen-bond donors (Lipinski definition) is 0. The summed E-state index contributed by atoms with van der Waals surface area (Å²) in [5, 5.41) is 1.74. The van der Waals surface area contributed by atoms with Gasteiger partial charge in [0, 0.05) is 15.5 Å². The molecule has 0 unspecified atom stereocenters. The third-order valence-electron chi connectivity index (χ3n) is 6.58. The average molecular weight is 417 g/mol. The van der Waals surface area contributed by atoms with Crippen LogP contribution < -0.4 is 0 Å². The van der Waals surface area contributed by atoms with Gasteiger partial charge >= 0.3 is 0 Å². The summed E-state index contributed by atoms with van der Waals surface area (Å²) in [6, 6.07) is 10.8. The van der Waals surface area contributed by atoms with E-state index in [9.17, 15) is 0 Å². The SMILES string of the molecule is CCCCCCC1(CCCCCC)c2cc(Cl)ccc2-c2ccc(Cl)c(C)c21. The van der Waals surface area contributed by atoms with Crippen molar-refractivity contribution >= 4 is 23.2 Å². The van der Waals surface area contributed by atoms with E-state index in [2.05, 4.69) is 45.0 Å². The molecule has 0 nitrogen and oxygen atoms in total. The first-order chi connectivity index (χ1) is 13.5. The molecule has 2 aromatic carbocycles. The molecule has 0 N–H and O–H groups in total. The molecule has 1 aliphatic carbocycles. The van der Waals surface area contributed by atoms with Crippen molar-refractivity contribution in [2.45, 2.75) is 90.4 Å². The van der Waals surface area contributed by atoms with Crippen LogP contribution in [0.3, 0.4) is 0 Å². The van der Waals surface area contributed by atoms with E-state index in [1.54, 1.807) is 0 Å². The first kappa shape index (κ1) is 21.7. The van der Waals surface area contributed by atoms with Crippen molar-refractivity contribution in [3.05, 3.63) is 57.1 Å². The van der Waals surface area contributed by atoms with Crippen LogP contribution in [0.1, 0.15) is 94.7 Å². The van der Waals surface area contributed by atoms with E-state index in [0.29, 0.717) is 0 Å². The zero-order valence-electron chi connectivity index (χ0n) is 17.7. The van der Waals surface area contributed by atoms with E-state index >= 15 is 0 Å². The predicted octanol–water partition coefficient (Wildman–Crippen LogP) is 9.51. The highest BCUT2D eigenvalue weighted by atomic mass is 35.5. The fourth-order valence-corrected chi connectivity index (χ4v) is 5.49. The molecule has 0 saturated carbocycles. The normalized spacial score (nSPS) is 14.2. The Morgan fingerprint density at radius 1 is 0.750 bits per heavy atom. The van der Waals surface area contributed by atoms with Gasteiger partial charge < -0.3 is 0 Å². The average Bonchev–Trinajstić information content (AvgIpc) is 2.95. The molecule has 0 atom stereocenters. The second-order valence-corrected chi connectivity index (χ2v) is 9.33. The number of fused-ring (bicyclic) bond motifs is 3. The van der Waals surface area contributed by atoms with E-state index in [0.717, 1.165) is 10.0 Å². The molecule has 0 bridgehead atoms. The van der Waals surface area contributed by atoms with Crippen molar-refractivity contribution in [2.75, 3.05) is 0 Å². The lowest BCUT2D eigenvalue weighted by atomic mass is 9.69. The molecular formula is C26H34Cl2. The molecule has 0 saturated heterocycles. The fraction of sp³-hybridized carbons (Fsp3) is 0.538. The monoisotopic (exact) mass is 416 g/mol. The van der Waals surface area contributed by atoms with Crippen LogP contribution in [0, 0.1) is 6.92 Å². The summed E-state index contributed by atoms with van der Waals surface area (Å²) in [6.07, 6.45) is 12.7. The van der Waals surface area contributed by atoms with Gasteiger partial charge in [-0.2, -0.15) is 0 Å². The maximum Gasteiger partial charge on any atom is 0.0438 e. The van der Waals surface area contributed by atoms with Gasteiger partial charge in [0.25, 0.3) is 0 Å². The summed E-state index contributed by atoms with van der Waals surface area (Å²) in [4.78, 5) is 0. The van der Waals surface area contributed by atoms with E-state index in [-0.39, 0.29) is 5.41 Å². The van der Waals surface area contributed by atoms with Gasteiger partial charge in [-0.3, -0.25) is 0 Å². The summed E-state index contributed by atoms with van der Waals surface area (Å²) >= 11 is 13.1. The fourth-order valence-electron chi connectivity index (χ4n) is 5.16. The highest BCUT2D eigenvalue weighted by Gasteiger charge is 2.43. The first-order valence-corrected chi connectivity index (χ1v) is 11.9. The summed E-state index contributed by atoms with van der Waals surface area (Å²) < 4.78 is 0. The Morgan fingerprint density at radius 3 is 1.96 bits per heavy atom. The van der Waals surface area contributed by atoms with E-state index in [1.807, 2.05) is 6.07 Å². The van der Waals surface area contributed by atoms with Gasteiger partial charge in [-0.15, -0.1) is 0 Å². The maximum absolute atomic E-state index is 6.64. The summed E-state index contributed by atoms with van der Waals surface area (Å²) in [5.41, 5.74) is 6.98. The molecule has 152 valence electrons. The molecule has 0 fully saturated rings. The lowest BCUT2D eigenvalue weighted by Crippen LogP contribution is -2.26. The standard InChI is InChI=1S/C26H34Cl2/c1-4-6-8-10-16-26(17-11-9-7-5-2)23-18-20(27)12-13-21(23)22-14-15-24(28)19(3)25(22)26/h12-15,18H,4-11,16-17H2,1-3H3. The highest BCUT2D eigenvalue weighted by Crippen LogP contribution is 2.56. The van der Waals surface area contributed by atoms with Gasteiger partial charge in [0.1, 0.15) is 0 Å². The molecule has 3 rings (SSSR count). The zero-order chi connectivity index (χ0) is 20.1. The van der Waals surface area contributed by atoms with Crippen LogP contribution in [-0.2, 0) is 5.41 Å². The van der Waals surface area contributed by atoms with Gasteiger partial charge in [-0.05, 0) is 65.8 Å². The topological polar surface area (TPSA) is 0 Å². The van der Waals surface area contributed by atoms with Crippen molar-refractivity contribution < 1.29 is 0 Å². The number of unbranched alkanes of at least 4 members (excludes halogenated alkanes) is 6. The molecule has 2 aromatic rings. The number of rotatable bonds is 10. The quantitative estimate of drug-likeness (QED) is 0.338. The third-order valence-corrected chi connectivity index (χ3v) is 7.22. The van der Waals surface area contributed by atoms with Crippen LogP contribution in [0.5, 0.6) is 0 Å². The summed E-state index contributed by atoms with van der Waals surface area (Å²) in [6.45, 7) is 6.77. The van der Waals surface area contributed by atoms with Crippen molar-refractivity contribution in [1.29, 1.82) is 0 Å². The molecule has 0 radical (unpaired) electrons. The molecule has 0 spiro atoms. The molecule has 0 heterocycles. The van der Waals surface area contributed by atoms with E-state index in [1.165, 1.54) is 92.0 Å². The van der Waals surface area contributed by atoms with Gasteiger partial charge in [0.05, 0.1) is 0 Å². The van der Waals surface area contributed by atoms with Crippen LogP contribution >= 0.6 is 23.2 Å².